The van der Waals surface area contributed by atoms with Gasteiger partial charge in [0.2, 0.25) is 0 Å². The van der Waals surface area contributed by atoms with Crippen molar-refractivity contribution in [2.24, 2.45) is 5.92 Å². The standard InChI is InChI=1S/C15H25N3S/c1-3-7-17-13-6-5-12(4-2)10-14(13)19-15-11-16-8-9-18-15/h8-9,11-14,17H,3-7,10H2,1-2H3. The molecule has 106 valence electrons. The van der Waals surface area contributed by atoms with E-state index in [1.165, 1.54) is 32.1 Å². The third-order valence-corrected chi connectivity index (χ3v) is 5.22. The first-order valence-electron chi connectivity index (χ1n) is 7.49. The molecule has 3 nitrogen and oxygen atoms in total. The van der Waals surface area contributed by atoms with E-state index in [0.29, 0.717) is 11.3 Å². The zero-order chi connectivity index (χ0) is 13.5. The lowest BCUT2D eigenvalue weighted by atomic mass is 9.84. The number of thioether (sulfide) groups is 1. The van der Waals surface area contributed by atoms with Gasteiger partial charge in [0, 0.05) is 23.7 Å². The molecule has 1 fully saturated rings. The molecule has 1 N–H and O–H groups in total. The Labute approximate surface area is 121 Å². The maximum atomic E-state index is 4.41. The molecule has 1 aliphatic rings. The van der Waals surface area contributed by atoms with Crippen LogP contribution >= 0.6 is 11.8 Å². The summed E-state index contributed by atoms with van der Waals surface area (Å²) in [5, 5.41) is 5.42. The van der Waals surface area contributed by atoms with Crippen LogP contribution in [0.25, 0.3) is 0 Å². The first kappa shape index (κ1) is 14.8. The van der Waals surface area contributed by atoms with Gasteiger partial charge in [-0.05, 0) is 38.1 Å². The monoisotopic (exact) mass is 279 g/mol. The lowest BCUT2D eigenvalue weighted by Gasteiger charge is -2.36. The van der Waals surface area contributed by atoms with Crippen molar-refractivity contribution in [2.75, 3.05) is 6.54 Å². The van der Waals surface area contributed by atoms with E-state index in [4.69, 9.17) is 0 Å². The Morgan fingerprint density at radius 3 is 2.89 bits per heavy atom. The van der Waals surface area contributed by atoms with E-state index in [-0.39, 0.29) is 0 Å². The van der Waals surface area contributed by atoms with Gasteiger partial charge in [-0.3, -0.25) is 4.98 Å². The molecule has 0 aromatic carbocycles. The van der Waals surface area contributed by atoms with Crippen LogP contribution in [0.5, 0.6) is 0 Å². The van der Waals surface area contributed by atoms with Crippen molar-refractivity contribution >= 4 is 11.8 Å². The SMILES string of the molecule is CCCNC1CCC(CC)CC1Sc1cnccn1. The molecule has 1 heterocycles. The van der Waals surface area contributed by atoms with E-state index in [1.54, 1.807) is 12.4 Å². The fourth-order valence-corrected chi connectivity index (χ4v) is 4.10. The summed E-state index contributed by atoms with van der Waals surface area (Å²) in [6.07, 6.45) is 11.9. The quantitative estimate of drug-likeness (QED) is 0.864. The maximum absolute atomic E-state index is 4.41. The van der Waals surface area contributed by atoms with Gasteiger partial charge in [0.1, 0.15) is 5.03 Å². The highest BCUT2D eigenvalue weighted by atomic mass is 32.2. The highest BCUT2D eigenvalue weighted by Gasteiger charge is 2.30. The summed E-state index contributed by atoms with van der Waals surface area (Å²) in [6, 6.07) is 0.634. The summed E-state index contributed by atoms with van der Waals surface area (Å²) in [7, 11) is 0. The molecule has 0 radical (unpaired) electrons. The number of aromatic nitrogens is 2. The molecule has 2 rings (SSSR count). The second-order valence-corrected chi connectivity index (χ2v) is 6.61. The molecular weight excluding hydrogens is 254 g/mol. The van der Waals surface area contributed by atoms with Gasteiger partial charge in [-0.25, -0.2) is 4.98 Å². The Morgan fingerprint density at radius 2 is 2.21 bits per heavy atom. The van der Waals surface area contributed by atoms with E-state index in [0.717, 1.165) is 17.5 Å². The van der Waals surface area contributed by atoms with E-state index in [9.17, 15) is 0 Å². The fraction of sp³-hybridized carbons (Fsp3) is 0.733. The summed E-state index contributed by atoms with van der Waals surface area (Å²) in [5.41, 5.74) is 0. The van der Waals surface area contributed by atoms with Gasteiger partial charge < -0.3 is 5.32 Å². The van der Waals surface area contributed by atoms with Crippen LogP contribution in [-0.2, 0) is 0 Å². The molecule has 3 unspecified atom stereocenters. The topological polar surface area (TPSA) is 37.8 Å². The highest BCUT2D eigenvalue weighted by Crippen LogP contribution is 2.36. The minimum Gasteiger partial charge on any atom is -0.313 e. The first-order chi connectivity index (χ1) is 9.33. The minimum absolute atomic E-state index is 0.634. The van der Waals surface area contributed by atoms with E-state index in [2.05, 4.69) is 29.1 Å². The smallest absolute Gasteiger partial charge is 0.115 e. The molecule has 1 aromatic rings. The molecule has 0 saturated heterocycles. The predicted molar refractivity (Wildman–Crippen MR) is 81.4 cm³/mol. The lowest BCUT2D eigenvalue weighted by Crippen LogP contribution is -2.42. The van der Waals surface area contributed by atoms with Gasteiger partial charge in [0.15, 0.2) is 0 Å². The number of hydrogen-bond acceptors (Lipinski definition) is 4. The molecule has 1 saturated carbocycles. The van der Waals surface area contributed by atoms with Crippen molar-refractivity contribution in [1.29, 1.82) is 0 Å². The Balaban J connectivity index is 1.98. The predicted octanol–water partition coefficient (Wildman–Crippen LogP) is 3.52. The summed E-state index contributed by atoms with van der Waals surface area (Å²) < 4.78 is 0. The summed E-state index contributed by atoms with van der Waals surface area (Å²) >= 11 is 1.91. The van der Waals surface area contributed by atoms with Crippen molar-refractivity contribution in [2.45, 2.75) is 62.3 Å². The van der Waals surface area contributed by atoms with Gasteiger partial charge >= 0.3 is 0 Å². The van der Waals surface area contributed by atoms with Crippen LogP contribution in [-0.4, -0.2) is 27.8 Å². The lowest BCUT2D eigenvalue weighted by molar-refractivity contribution is 0.295. The third kappa shape index (κ3) is 4.46. The largest absolute Gasteiger partial charge is 0.313 e. The van der Waals surface area contributed by atoms with Gasteiger partial charge in [-0.2, -0.15) is 0 Å². The summed E-state index contributed by atoms with van der Waals surface area (Å²) in [6.45, 7) is 5.67. The van der Waals surface area contributed by atoms with Gasteiger partial charge in [0.25, 0.3) is 0 Å². The van der Waals surface area contributed by atoms with Crippen LogP contribution in [0.3, 0.4) is 0 Å². The molecule has 3 atom stereocenters. The van der Waals surface area contributed by atoms with E-state index in [1.807, 2.05) is 18.0 Å². The average Bonchev–Trinajstić information content (AvgIpc) is 2.47. The number of hydrogen-bond donors (Lipinski definition) is 1. The molecule has 0 spiro atoms. The molecule has 1 aromatic heterocycles. The van der Waals surface area contributed by atoms with E-state index < -0.39 is 0 Å². The summed E-state index contributed by atoms with van der Waals surface area (Å²) in [5.74, 6) is 0.883. The van der Waals surface area contributed by atoms with E-state index >= 15 is 0 Å². The maximum Gasteiger partial charge on any atom is 0.115 e. The van der Waals surface area contributed by atoms with Crippen LogP contribution < -0.4 is 5.32 Å². The second kappa shape index (κ2) is 7.85. The van der Waals surface area contributed by atoms with Gasteiger partial charge in [0.05, 0.1) is 6.20 Å². The highest BCUT2D eigenvalue weighted by molar-refractivity contribution is 7.99. The van der Waals surface area contributed by atoms with Crippen molar-refractivity contribution in [1.82, 2.24) is 15.3 Å². The zero-order valence-corrected chi connectivity index (χ0v) is 12.8. The second-order valence-electron chi connectivity index (χ2n) is 5.35. The zero-order valence-electron chi connectivity index (χ0n) is 12.0. The Morgan fingerprint density at radius 1 is 1.32 bits per heavy atom. The Bertz CT molecular complexity index is 358. The molecule has 1 aliphatic carbocycles. The number of rotatable bonds is 6. The van der Waals surface area contributed by atoms with Crippen LogP contribution in [0.15, 0.2) is 23.6 Å². The molecule has 0 bridgehead atoms. The summed E-state index contributed by atoms with van der Waals surface area (Å²) in [4.78, 5) is 8.58. The van der Waals surface area contributed by atoms with Crippen LogP contribution in [0.1, 0.15) is 46.0 Å². The van der Waals surface area contributed by atoms with Gasteiger partial charge in [-0.15, -0.1) is 0 Å². The van der Waals surface area contributed by atoms with Crippen LogP contribution in [0.2, 0.25) is 0 Å². The molecule has 4 heteroatoms. The minimum atomic E-state index is 0.634. The molecular formula is C15H25N3S. The van der Waals surface area contributed by atoms with Crippen LogP contribution in [0.4, 0.5) is 0 Å². The van der Waals surface area contributed by atoms with Gasteiger partial charge in [-0.1, -0.05) is 32.0 Å². The van der Waals surface area contributed by atoms with Crippen molar-refractivity contribution < 1.29 is 0 Å². The molecule has 19 heavy (non-hydrogen) atoms. The van der Waals surface area contributed by atoms with Crippen molar-refractivity contribution in [3.63, 3.8) is 0 Å². The molecule has 0 amide bonds. The third-order valence-electron chi connectivity index (χ3n) is 3.95. The Kier molecular flexibility index (Phi) is 6.11. The number of nitrogens with zero attached hydrogens (tertiary/aromatic N) is 2. The fourth-order valence-electron chi connectivity index (χ4n) is 2.78. The van der Waals surface area contributed by atoms with Crippen LogP contribution in [0, 0.1) is 5.92 Å². The van der Waals surface area contributed by atoms with Crippen molar-refractivity contribution in [3.05, 3.63) is 18.6 Å². The average molecular weight is 279 g/mol. The van der Waals surface area contributed by atoms with Crippen molar-refractivity contribution in [3.8, 4) is 0 Å². The normalized spacial score (nSPS) is 27.4. The first-order valence-corrected chi connectivity index (χ1v) is 8.37. The number of nitrogens with one attached hydrogen (secondary N) is 1. The molecule has 0 aliphatic heterocycles. The Hall–Kier alpha value is -0.610.